The van der Waals surface area contributed by atoms with Crippen LogP contribution in [0.2, 0.25) is 5.02 Å². The molecule has 0 fully saturated rings. The van der Waals surface area contributed by atoms with Crippen LogP contribution in [0.25, 0.3) is 5.69 Å². The van der Waals surface area contributed by atoms with Gasteiger partial charge in [-0.25, -0.2) is 4.68 Å². The number of hydrogen-bond acceptors (Lipinski definition) is 4. The first-order valence-corrected chi connectivity index (χ1v) is 6.85. The molecule has 0 spiro atoms. The maximum absolute atomic E-state index is 6.19. The molecule has 6 heteroatoms. The maximum atomic E-state index is 6.19. The van der Waals surface area contributed by atoms with Crippen molar-refractivity contribution in [2.75, 3.05) is 11.9 Å². The Labute approximate surface area is 118 Å². The summed E-state index contributed by atoms with van der Waals surface area (Å²) in [6, 6.07) is 5.70. The topological polar surface area (TPSA) is 55.6 Å². The van der Waals surface area contributed by atoms with Crippen LogP contribution in [0.1, 0.15) is 26.7 Å². The van der Waals surface area contributed by atoms with Gasteiger partial charge in [-0.15, -0.1) is 5.10 Å². The van der Waals surface area contributed by atoms with Crippen LogP contribution in [-0.4, -0.2) is 26.8 Å². The van der Waals surface area contributed by atoms with Gasteiger partial charge in [-0.05, 0) is 41.0 Å². The molecule has 2 aromatic rings. The normalized spacial score (nSPS) is 12.4. The molecule has 1 unspecified atom stereocenters. The molecule has 1 aromatic carbocycles. The summed E-state index contributed by atoms with van der Waals surface area (Å²) in [6.07, 6.45) is 3.96. The van der Waals surface area contributed by atoms with Crippen molar-refractivity contribution >= 4 is 17.3 Å². The second-order valence-corrected chi connectivity index (χ2v) is 5.10. The lowest BCUT2D eigenvalue weighted by atomic mass is 10.1. The fourth-order valence-corrected chi connectivity index (χ4v) is 2.13. The molecule has 0 saturated carbocycles. The van der Waals surface area contributed by atoms with E-state index in [2.05, 4.69) is 34.7 Å². The minimum atomic E-state index is 0.623. The van der Waals surface area contributed by atoms with Crippen LogP contribution in [0.15, 0.2) is 24.5 Å². The number of rotatable bonds is 6. The number of halogens is 1. The molecule has 1 N–H and O–H groups in total. The predicted molar refractivity (Wildman–Crippen MR) is 76.7 cm³/mol. The Kier molecular flexibility index (Phi) is 4.74. The predicted octanol–water partition coefficient (Wildman–Crippen LogP) is 3.16. The average Bonchev–Trinajstić information content (AvgIpc) is 2.92. The van der Waals surface area contributed by atoms with E-state index < -0.39 is 0 Å². The molecule has 0 aliphatic heterocycles. The molecule has 0 bridgehead atoms. The van der Waals surface area contributed by atoms with Crippen LogP contribution in [0.5, 0.6) is 0 Å². The van der Waals surface area contributed by atoms with Crippen LogP contribution >= 0.6 is 11.6 Å². The lowest BCUT2D eigenvalue weighted by Gasteiger charge is -2.14. The average molecular weight is 280 g/mol. The van der Waals surface area contributed by atoms with E-state index in [1.165, 1.54) is 12.8 Å². The monoisotopic (exact) mass is 279 g/mol. The Morgan fingerprint density at radius 3 is 2.95 bits per heavy atom. The molecular formula is C13H18ClN5. The van der Waals surface area contributed by atoms with E-state index in [9.17, 15) is 0 Å². The van der Waals surface area contributed by atoms with E-state index in [-0.39, 0.29) is 0 Å². The zero-order chi connectivity index (χ0) is 13.7. The molecule has 0 aliphatic carbocycles. The molecular weight excluding hydrogens is 262 g/mol. The number of anilines is 1. The van der Waals surface area contributed by atoms with E-state index in [0.717, 1.165) is 17.9 Å². The first kappa shape index (κ1) is 13.8. The second kappa shape index (κ2) is 6.52. The van der Waals surface area contributed by atoms with Crippen molar-refractivity contribution in [3.8, 4) is 5.69 Å². The van der Waals surface area contributed by atoms with Gasteiger partial charge in [-0.1, -0.05) is 31.9 Å². The first-order chi connectivity index (χ1) is 9.20. The molecule has 0 radical (unpaired) electrons. The fourth-order valence-electron chi connectivity index (χ4n) is 1.95. The Bertz CT molecular complexity index is 512. The standard InChI is InChI=1S/C13H18ClN5/c1-3-4-10(2)8-15-13-7-11(5-6-12(13)14)19-9-16-17-18-19/h5-7,9-10,15H,3-4,8H2,1-2H3. The minimum absolute atomic E-state index is 0.623. The zero-order valence-electron chi connectivity index (χ0n) is 11.2. The van der Waals surface area contributed by atoms with Gasteiger partial charge < -0.3 is 5.32 Å². The van der Waals surface area contributed by atoms with E-state index in [4.69, 9.17) is 11.6 Å². The summed E-state index contributed by atoms with van der Waals surface area (Å²) in [5, 5.41) is 15.2. The lowest BCUT2D eigenvalue weighted by Crippen LogP contribution is -2.11. The Morgan fingerprint density at radius 2 is 2.26 bits per heavy atom. The molecule has 5 nitrogen and oxygen atoms in total. The van der Waals surface area contributed by atoms with Crippen molar-refractivity contribution in [1.29, 1.82) is 0 Å². The highest BCUT2D eigenvalue weighted by Gasteiger charge is 2.06. The summed E-state index contributed by atoms with van der Waals surface area (Å²) in [7, 11) is 0. The highest BCUT2D eigenvalue weighted by molar-refractivity contribution is 6.33. The molecule has 1 aromatic heterocycles. The number of nitrogens with zero attached hydrogens (tertiary/aromatic N) is 4. The number of nitrogens with one attached hydrogen (secondary N) is 1. The quantitative estimate of drug-likeness (QED) is 0.882. The van der Waals surface area contributed by atoms with Gasteiger partial charge in [-0.3, -0.25) is 0 Å². The Morgan fingerprint density at radius 1 is 1.42 bits per heavy atom. The van der Waals surface area contributed by atoms with Crippen molar-refractivity contribution < 1.29 is 0 Å². The Hall–Kier alpha value is -1.62. The van der Waals surface area contributed by atoms with Crippen LogP contribution in [0.4, 0.5) is 5.69 Å². The molecule has 0 aliphatic rings. The molecule has 2 rings (SSSR count). The van der Waals surface area contributed by atoms with Gasteiger partial charge in [0.05, 0.1) is 16.4 Å². The van der Waals surface area contributed by atoms with Crippen molar-refractivity contribution in [1.82, 2.24) is 20.2 Å². The lowest BCUT2D eigenvalue weighted by molar-refractivity contribution is 0.551. The Balaban J connectivity index is 2.09. The van der Waals surface area contributed by atoms with Crippen LogP contribution in [0.3, 0.4) is 0 Å². The van der Waals surface area contributed by atoms with Gasteiger partial charge in [-0.2, -0.15) is 0 Å². The number of hydrogen-bond donors (Lipinski definition) is 1. The maximum Gasteiger partial charge on any atom is 0.143 e. The molecule has 1 atom stereocenters. The van der Waals surface area contributed by atoms with Crippen LogP contribution in [-0.2, 0) is 0 Å². The summed E-state index contributed by atoms with van der Waals surface area (Å²) in [4.78, 5) is 0. The number of benzene rings is 1. The van der Waals surface area contributed by atoms with Crippen molar-refractivity contribution in [3.63, 3.8) is 0 Å². The first-order valence-electron chi connectivity index (χ1n) is 6.47. The van der Waals surface area contributed by atoms with Crippen LogP contribution in [0, 0.1) is 5.92 Å². The van der Waals surface area contributed by atoms with E-state index in [1.807, 2.05) is 18.2 Å². The number of tetrazole rings is 1. The second-order valence-electron chi connectivity index (χ2n) is 4.69. The van der Waals surface area contributed by atoms with Gasteiger partial charge in [0.15, 0.2) is 0 Å². The highest BCUT2D eigenvalue weighted by Crippen LogP contribution is 2.24. The summed E-state index contributed by atoms with van der Waals surface area (Å²) in [5.41, 5.74) is 1.80. The fraction of sp³-hybridized carbons (Fsp3) is 0.462. The molecule has 102 valence electrons. The molecule has 0 saturated heterocycles. The van der Waals surface area contributed by atoms with Crippen molar-refractivity contribution in [3.05, 3.63) is 29.5 Å². The highest BCUT2D eigenvalue weighted by atomic mass is 35.5. The third-order valence-corrected chi connectivity index (χ3v) is 3.32. The van der Waals surface area contributed by atoms with Gasteiger partial charge in [0.2, 0.25) is 0 Å². The molecule has 19 heavy (non-hydrogen) atoms. The summed E-state index contributed by atoms with van der Waals surface area (Å²) in [5.74, 6) is 0.623. The third-order valence-electron chi connectivity index (χ3n) is 2.99. The van der Waals surface area contributed by atoms with Crippen molar-refractivity contribution in [2.24, 2.45) is 5.92 Å². The van der Waals surface area contributed by atoms with E-state index in [1.54, 1.807) is 11.0 Å². The van der Waals surface area contributed by atoms with Gasteiger partial charge in [0.25, 0.3) is 0 Å². The zero-order valence-corrected chi connectivity index (χ0v) is 11.9. The van der Waals surface area contributed by atoms with Gasteiger partial charge >= 0.3 is 0 Å². The summed E-state index contributed by atoms with van der Waals surface area (Å²) in [6.45, 7) is 5.34. The van der Waals surface area contributed by atoms with E-state index in [0.29, 0.717) is 10.9 Å². The largest absolute Gasteiger partial charge is 0.384 e. The van der Waals surface area contributed by atoms with E-state index >= 15 is 0 Å². The summed E-state index contributed by atoms with van der Waals surface area (Å²) >= 11 is 6.19. The minimum Gasteiger partial charge on any atom is -0.384 e. The third kappa shape index (κ3) is 3.67. The van der Waals surface area contributed by atoms with Crippen molar-refractivity contribution in [2.45, 2.75) is 26.7 Å². The van der Waals surface area contributed by atoms with Gasteiger partial charge in [0, 0.05) is 6.54 Å². The number of aromatic nitrogens is 4. The SMILES string of the molecule is CCCC(C)CNc1cc(-n2cnnn2)ccc1Cl. The van der Waals surface area contributed by atoms with Gasteiger partial charge in [0.1, 0.15) is 6.33 Å². The van der Waals surface area contributed by atoms with Crippen LogP contribution < -0.4 is 5.32 Å². The summed E-state index contributed by atoms with van der Waals surface area (Å²) < 4.78 is 1.61. The smallest absolute Gasteiger partial charge is 0.143 e. The molecule has 1 heterocycles. The molecule has 0 amide bonds.